The fraction of sp³-hybridized carbons (Fsp3) is 0.333. The predicted molar refractivity (Wildman–Crippen MR) is 44.0 cm³/mol. The topological polar surface area (TPSA) is 26.0 Å². The first kappa shape index (κ1) is 12.8. The molecule has 0 spiro atoms. The van der Waals surface area contributed by atoms with Crippen LogP contribution in [0.4, 0.5) is 26.3 Å². The first-order valence-electron chi connectivity index (χ1n) is 4.12. The molecule has 0 fully saturated rings. The van der Waals surface area contributed by atoms with E-state index in [2.05, 4.69) is 5.73 Å². The summed E-state index contributed by atoms with van der Waals surface area (Å²) < 4.78 is 75.6. The molecule has 0 aliphatic carbocycles. The van der Waals surface area contributed by atoms with Crippen molar-refractivity contribution in [3.63, 3.8) is 0 Å². The second-order valence-corrected chi connectivity index (χ2v) is 3.24. The van der Waals surface area contributed by atoms with Crippen molar-refractivity contribution in [3.8, 4) is 0 Å². The zero-order valence-corrected chi connectivity index (χ0v) is 8.00. The summed E-state index contributed by atoms with van der Waals surface area (Å²) in [7, 11) is 0. The van der Waals surface area contributed by atoms with Crippen LogP contribution in [0, 0.1) is 24.4 Å². The lowest BCUT2D eigenvalue weighted by Gasteiger charge is -2.18. The molecule has 0 unspecified atom stereocenters. The van der Waals surface area contributed by atoms with Gasteiger partial charge in [-0.05, 0) is 18.6 Å². The highest BCUT2D eigenvalue weighted by Gasteiger charge is 2.41. The van der Waals surface area contributed by atoms with Gasteiger partial charge in [0.2, 0.25) is 0 Å². The van der Waals surface area contributed by atoms with Crippen molar-refractivity contribution in [1.82, 2.24) is 0 Å². The molecule has 1 aromatic carbocycles. The van der Waals surface area contributed by atoms with Crippen LogP contribution in [-0.4, -0.2) is 6.18 Å². The van der Waals surface area contributed by atoms with E-state index in [0.717, 1.165) is 6.92 Å². The largest absolute Gasteiger partial charge is 0.407 e. The monoisotopic (exact) mass is 243 g/mol. The average molecular weight is 243 g/mol. The highest BCUT2D eigenvalue weighted by atomic mass is 19.4. The molecule has 0 bridgehead atoms. The van der Waals surface area contributed by atoms with Gasteiger partial charge < -0.3 is 5.73 Å². The number of alkyl halides is 3. The molecule has 1 rings (SSSR count). The quantitative estimate of drug-likeness (QED) is 0.595. The standard InChI is InChI=1S/C9H7F6N/c1-3-2-4(10)5(7(12)6(3)11)8(16)9(13,14)15/h2,8H,16H2,1H3/t8-/m1/s1. The first-order chi connectivity index (χ1) is 7.16. The molecule has 90 valence electrons. The van der Waals surface area contributed by atoms with Gasteiger partial charge in [-0.1, -0.05) is 0 Å². The van der Waals surface area contributed by atoms with Crippen LogP contribution in [0.1, 0.15) is 17.2 Å². The molecule has 0 aromatic heterocycles. The summed E-state index contributed by atoms with van der Waals surface area (Å²) in [5.41, 5.74) is 2.69. The number of benzene rings is 1. The smallest absolute Gasteiger partial charge is 0.316 e. The van der Waals surface area contributed by atoms with Crippen molar-refractivity contribution in [2.24, 2.45) is 5.73 Å². The minimum absolute atomic E-state index is 0.423. The number of halogens is 6. The van der Waals surface area contributed by atoms with Gasteiger partial charge in [0, 0.05) is 0 Å². The Morgan fingerprint density at radius 2 is 1.62 bits per heavy atom. The van der Waals surface area contributed by atoms with Crippen molar-refractivity contribution < 1.29 is 26.3 Å². The second kappa shape index (κ2) is 3.97. The molecular weight excluding hydrogens is 236 g/mol. The van der Waals surface area contributed by atoms with E-state index in [1.165, 1.54) is 0 Å². The zero-order chi connectivity index (χ0) is 12.7. The molecule has 0 heterocycles. The van der Waals surface area contributed by atoms with Crippen molar-refractivity contribution >= 4 is 0 Å². The lowest BCUT2D eigenvalue weighted by molar-refractivity contribution is -0.150. The van der Waals surface area contributed by atoms with Crippen LogP contribution in [0.25, 0.3) is 0 Å². The van der Waals surface area contributed by atoms with E-state index in [-0.39, 0.29) is 0 Å². The molecule has 1 aromatic rings. The van der Waals surface area contributed by atoms with Crippen LogP contribution in [0.5, 0.6) is 0 Å². The van der Waals surface area contributed by atoms with Crippen LogP contribution < -0.4 is 5.73 Å². The Morgan fingerprint density at radius 1 is 1.12 bits per heavy atom. The number of nitrogens with two attached hydrogens (primary N) is 1. The Balaban J connectivity index is 3.40. The van der Waals surface area contributed by atoms with E-state index in [0.29, 0.717) is 6.07 Å². The number of hydrogen-bond donors (Lipinski definition) is 1. The molecule has 2 N–H and O–H groups in total. The number of aryl methyl sites for hydroxylation is 1. The first-order valence-corrected chi connectivity index (χ1v) is 4.12. The average Bonchev–Trinajstić information content (AvgIpc) is 2.13. The van der Waals surface area contributed by atoms with Crippen molar-refractivity contribution in [3.05, 3.63) is 34.6 Å². The molecule has 0 aliphatic heterocycles. The lowest BCUT2D eigenvalue weighted by atomic mass is 10.0. The maximum Gasteiger partial charge on any atom is 0.407 e. The summed E-state index contributed by atoms with van der Waals surface area (Å²) in [6.07, 6.45) is -5.04. The Kier molecular flexibility index (Phi) is 3.18. The molecule has 1 atom stereocenters. The van der Waals surface area contributed by atoms with Crippen LogP contribution in [0.3, 0.4) is 0 Å². The van der Waals surface area contributed by atoms with E-state index in [1.807, 2.05) is 0 Å². The molecule has 0 aliphatic rings. The summed E-state index contributed by atoms with van der Waals surface area (Å²) in [6.45, 7) is 1.03. The summed E-state index contributed by atoms with van der Waals surface area (Å²) in [5.74, 6) is -4.94. The van der Waals surface area contributed by atoms with Gasteiger partial charge in [-0.3, -0.25) is 0 Å². The predicted octanol–water partition coefficient (Wildman–Crippen LogP) is 2.97. The van der Waals surface area contributed by atoms with E-state index in [9.17, 15) is 26.3 Å². The molecule has 0 amide bonds. The molecular formula is C9H7F6N. The summed E-state index contributed by atoms with van der Waals surface area (Å²) in [6, 6.07) is -2.41. The summed E-state index contributed by atoms with van der Waals surface area (Å²) in [4.78, 5) is 0. The molecule has 1 nitrogen and oxygen atoms in total. The maximum absolute atomic E-state index is 13.1. The van der Waals surface area contributed by atoms with Crippen LogP contribution in [0.2, 0.25) is 0 Å². The highest BCUT2D eigenvalue weighted by molar-refractivity contribution is 5.30. The number of rotatable bonds is 1. The fourth-order valence-corrected chi connectivity index (χ4v) is 1.18. The Morgan fingerprint density at radius 3 is 2.06 bits per heavy atom. The third kappa shape index (κ3) is 2.13. The molecule has 7 heteroatoms. The van der Waals surface area contributed by atoms with Crippen molar-refractivity contribution in [2.45, 2.75) is 19.1 Å². The Hall–Kier alpha value is -1.24. The molecule has 0 radical (unpaired) electrons. The molecule has 0 saturated heterocycles. The van der Waals surface area contributed by atoms with Gasteiger partial charge in [0.05, 0.1) is 5.56 Å². The zero-order valence-electron chi connectivity index (χ0n) is 8.00. The maximum atomic E-state index is 13.1. The number of hydrogen-bond acceptors (Lipinski definition) is 1. The highest BCUT2D eigenvalue weighted by Crippen LogP contribution is 2.34. The van der Waals surface area contributed by atoms with Crippen molar-refractivity contribution in [2.75, 3.05) is 0 Å². The van der Waals surface area contributed by atoms with Crippen LogP contribution >= 0.6 is 0 Å². The normalized spacial score (nSPS) is 14.0. The van der Waals surface area contributed by atoms with Gasteiger partial charge in [0.15, 0.2) is 11.6 Å². The van der Waals surface area contributed by atoms with Crippen molar-refractivity contribution in [1.29, 1.82) is 0 Å². The van der Waals surface area contributed by atoms with E-state index >= 15 is 0 Å². The van der Waals surface area contributed by atoms with Gasteiger partial charge in [-0.15, -0.1) is 0 Å². The van der Waals surface area contributed by atoms with Crippen LogP contribution in [0.15, 0.2) is 6.07 Å². The molecule has 0 saturated carbocycles. The van der Waals surface area contributed by atoms with Gasteiger partial charge in [0.1, 0.15) is 11.9 Å². The SMILES string of the molecule is Cc1cc(F)c([C@@H](N)C(F)(F)F)c(F)c1F. The van der Waals surface area contributed by atoms with Gasteiger partial charge in [-0.2, -0.15) is 13.2 Å². The Bertz CT molecular complexity index is 411. The minimum Gasteiger partial charge on any atom is -0.316 e. The second-order valence-electron chi connectivity index (χ2n) is 3.24. The van der Waals surface area contributed by atoms with E-state index in [4.69, 9.17) is 0 Å². The van der Waals surface area contributed by atoms with Crippen LogP contribution in [-0.2, 0) is 0 Å². The Labute approximate surface area is 86.9 Å². The third-order valence-electron chi connectivity index (χ3n) is 2.04. The van der Waals surface area contributed by atoms with E-state index < -0.39 is 40.8 Å². The van der Waals surface area contributed by atoms with Gasteiger partial charge >= 0.3 is 6.18 Å². The van der Waals surface area contributed by atoms with Gasteiger partial charge in [-0.25, -0.2) is 13.2 Å². The third-order valence-corrected chi connectivity index (χ3v) is 2.04. The fourth-order valence-electron chi connectivity index (χ4n) is 1.18. The van der Waals surface area contributed by atoms with E-state index in [1.54, 1.807) is 0 Å². The molecule has 16 heavy (non-hydrogen) atoms. The summed E-state index contributed by atoms with van der Waals surface area (Å²) in [5, 5.41) is 0. The lowest BCUT2D eigenvalue weighted by Crippen LogP contribution is -2.30. The minimum atomic E-state index is -5.04. The van der Waals surface area contributed by atoms with Gasteiger partial charge in [0.25, 0.3) is 0 Å². The summed E-state index contributed by atoms with van der Waals surface area (Å²) >= 11 is 0.